The molecule has 2 heterocycles. The molecule has 0 aromatic carbocycles. The summed E-state index contributed by atoms with van der Waals surface area (Å²) in [6.45, 7) is 4.05. The first-order valence-electron chi connectivity index (χ1n) is 5.26. The standard InChI is InChI=1S/C10H10ClN3O2S/c1-10(2)5-6(10)9(16)14(8(5)15)3-4-7(11)17-13-12-4/h5-6H,3H2,1-2H3. The Balaban J connectivity index is 1.82. The number of halogens is 1. The van der Waals surface area contributed by atoms with Crippen LogP contribution in [0.5, 0.6) is 0 Å². The molecule has 1 aromatic heterocycles. The van der Waals surface area contributed by atoms with Gasteiger partial charge in [0.15, 0.2) is 0 Å². The summed E-state index contributed by atoms with van der Waals surface area (Å²) in [6.07, 6.45) is 0. The lowest BCUT2D eigenvalue weighted by atomic mass is 10.1. The van der Waals surface area contributed by atoms with E-state index in [2.05, 4.69) is 9.59 Å². The number of amides is 2. The predicted octanol–water partition coefficient (Wildman–Crippen LogP) is 1.33. The van der Waals surface area contributed by atoms with E-state index >= 15 is 0 Å². The van der Waals surface area contributed by atoms with Crippen LogP contribution in [0, 0.1) is 17.3 Å². The largest absolute Gasteiger partial charge is 0.276 e. The number of nitrogens with zero attached hydrogens (tertiary/aromatic N) is 3. The van der Waals surface area contributed by atoms with Gasteiger partial charge in [0.1, 0.15) is 10.0 Å². The Morgan fingerprint density at radius 3 is 2.41 bits per heavy atom. The van der Waals surface area contributed by atoms with Gasteiger partial charge in [-0.2, -0.15) is 0 Å². The monoisotopic (exact) mass is 271 g/mol. The smallest absolute Gasteiger partial charge is 0.234 e. The summed E-state index contributed by atoms with van der Waals surface area (Å²) in [6, 6.07) is 0. The molecule has 17 heavy (non-hydrogen) atoms. The molecule has 1 aliphatic carbocycles. The van der Waals surface area contributed by atoms with Gasteiger partial charge in [-0.05, 0) is 5.41 Å². The molecule has 0 radical (unpaired) electrons. The van der Waals surface area contributed by atoms with Crippen LogP contribution >= 0.6 is 23.1 Å². The van der Waals surface area contributed by atoms with Crippen molar-refractivity contribution in [1.82, 2.24) is 14.5 Å². The van der Waals surface area contributed by atoms with Crippen molar-refractivity contribution in [2.45, 2.75) is 20.4 Å². The van der Waals surface area contributed by atoms with E-state index in [-0.39, 0.29) is 35.6 Å². The first kappa shape index (κ1) is 11.1. The van der Waals surface area contributed by atoms with Crippen LogP contribution in [-0.4, -0.2) is 26.3 Å². The van der Waals surface area contributed by atoms with Crippen molar-refractivity contribution in [3.05, 3.63) is 10.0 Å². The maximum atomic E-state index is 12.0. The molecule has 2 atom stereocenters. The van der Waals surface area contributed by atoms with Gasteiger partial charge >= 0.3 is 0 Å². The number of carbonyl (C=O) groups is 2. The molecule has 1 aromatic rings. The zero-order chi connectivity index (χ0) is 12.4. The lowest BCUT2D eigenvalue weighted by Crippen LogP contribution is -2.35. The van der Waals surface area contributed by atoms with Gasteiger partial charge in [0.05, 0.1) is 18.4 Å². The van der Waals surface area contributed by atoms with Gasteiger partial charge < -0.3 is 0 Å². The fourth-order valence-electron chi connectivity index (χ4n) is 2.60. The van der Waals surface area contributed by atoms with E-state index in [0.717, 1.165) is 11.5 Å². The van der Waals surface area contributed by atoms with E-state index < -0.39 is 0 Å². The molecule has 2 fully saturated rings. The van der Waals surface area contributed by atoms with Crippen LogP contribution in [0.4, 0.5) is 0 Å². The number of hydrogen-bond acceptors (Lipinski definition) is 5. The Morgan fingerprint density at radius 2 is 1.94 bits per heavy atom. The summed E-state index contributed by atoms with van der Waals surface area (Å²) < 4.78 is 4.12. The molecule has 1 saturated carbocycles. The van der Waals surface area contributed by atoms with Crippen LogP contribution in [0.25, 0.3) is 0 Å². The van der Waals surface area contributed by atoms with Crippen molar-refractivity contribution in [2.24, 2.45) is 17.3 Å². The van der Waals surface area contributed by atoms with Crippen LogP contribution in [-0.2, 0) is 16.1 Å². The molecule has 2 aliphatic rings. The lowest BCUT2D eigenvalue weighted by molar-refractivity contribution is -0.143. The van der Waals surface area contributed by atoms with Crippen molar-refractivity contribution in [2.75, 3.05) is 0 Å². The van der Waals surface area contributed by atoms with Crippen molar-refractivity contribution in [1.29, 1.82) is 0 Å². The van der Waals surface area contributed by atoms with Gasteiger partial charge in [-0.3, -0.25) is 14.5 Å². The summed E-state index contributed by atoms with van der Waals surface area (Å²) in [5.41, 5.74) is 0.326. The zero-order valence-electron chi connectivity index (χ0n) is 9.31. The molecule has 7 heteroatoms. The number of fused-ring (bicyclic) bond motifs is 1. The third-order valence-electron chi connectivity index (χ3n) is 3.71. The molecule has 1 aliphatic heterocycles. The fourth-order valence-corrected chi connectivity index (χ4v) is 3.21. The maximum Gasteiger partial charge on any atom is 0.234 e. The molecule has 5 nitrogen and oxygen atoms in total. The third-order valence-corrected chi connectivity index (χ3v) is 4.69. The first-order chi connectivity index (χ1) is 7.94. The van der Waals surface area contributed by atoms with E-state index in [9.17, 15) is 9.59 Å². The first-order valence-corrected chi connectivity index (χ1v) is 6.41. The number of imide groups is 1. The van der Waals surface area contributed by atoms with Crippen LogP contribution in [0.3, 0.4) is 0 Å². The SMILES string of the molecule is CC1(C)C2C(=O)N(Cc3nnsc3Cl)C(=O)C21. The van der Waals surface area contributed by atoms with Gasteiger partial charge in [0, 0.05) is 11.5 Å². The van der Waals surface area contributed by atoms with Gasteiger partial charge in [0.25, 0.3) is 0 Å². The van der Waals surface area contributed by atoms with Gasteiger partial charge in [0.2, 0.25) is 11.8 Å². The number of carbonyl (C=O) groups excluding carboxylic acids is 2. The molecule has 1 saturated heterocycles. The second-order valence-electron chi connectivity index (χ2n) is 5.03. The number of rotatable bonds is 2. The Kier molecular flexibility index (Phi) is 2.13. The highest BCUT2D eigenvalue weighted by atomic mass is 35.5. The minimum absolute atomic E-state index is 0.103. The molecule has 90 valence electrons. The van der Waals surface area contributed by atoms with Crippen LogP contribution < -0.4 is 0 Å². The number of aromatic nitrogens is 2. The highest BCUT2D eigenvalue weighted by Gasteiger charge is 2.72. The minimum atomic E-state index is -0.172. The van der Waals surface area contributed by atoms with Crippen molar-refractivity contribution in [3.8, 4) is 0 Å². The molecule has 3 rings (SSSR count). The molecular formula is C10H10ClN3O2S. The Labute approximate surface area is 107 Å². The van der Waals surface area contributed by atoms with E-state index in [4.69, 9.17) is 11.6 Å². The van der Waals surface area contributed by atoms with Gasteiger partial charge in [-0.15, -0.1) is 5.10 Å². The number of piperidine rings is 1. The summed E-state index contributed by atoms with van der Waals surface area (Å²) in [5.74, 6) is -0.510. The van der Waals surface area contributed by atoms with Crippen LogP contribution in [0.1, 0.15) is 19.5 Å². The summed E-state index contributed by atoms with van der Waals surface area (Å²) in [5, 5.41) is 3.81. The summed E-state index contributed by atoms with van der Waals surface area (Å²) in [4.78, 5) is 25.3. The quantitative estimate of drug-likeness (QED) is 0.762. The molecule has 0 bridgehead atoms. The Morgan fingerprint density at radius 1 is 1.35 bits per heavy atom. The second kappa shape index (κ2) is 3.26. The second-order valence-corrected chi connectivity index (χ2v) is 6.39. The van der Waals surface area contributed by atoms with Crippen molar-refractivity contribution >= 4 is 34.9 Å². The highest BCUT2D eigenvalue weighted by Crippen LogP contribution is 2.63. The Bertz CT molecular complexity index is 503. The van der Waals surface area contributed by atoms with E-state index in [1.165, 1.54) is 4.90 Å². The highest BCUT2D eigenvalue weighted by molar-refractivity contribution is 7.10. The summed E-state index contributed by atoms with van der Waals surface area (Å²) in [7, 11) is 0. The van der Waals surface area contributed by atoms with Crippen molar-refractivity contribution < 1.29 is 9.59 Å². The van der Waals surface area contributed by atoms with Gasteiger partial charge in [-0.25, -0.2) is 0 Å². The van der Waals surface area contributed by atoms with E-state index in [1.807, 2.05) is 13.8 Å². The molecule has 0 N–H and O–H groups in total. The normalized spacial score (nSPS) is 29.7. The average Bonchev–Trinajstić information content (AvgIpc) is 2.54. The third kappa shape index (κ3) is 1.37. The molecule has 2 amide bonds. The maximum absolute atomic E-state index is 12.0. The van der Waals surface area contributed by atoms with Crippen LogP contribution in [0.15, 0.2) is 0 Å². The van der Waals surface area contributed by atoms with Crippen molar-refractivity contribution in [3.63, 3.8) is 0 Å². The van der Waals surface area contributed by atoms with Gasteiger partial charge in [-0.1, -0.05) is 29.9 Å². The van der Waals surface area contributed by atoms with Crippen LogP contribution in [0.2, 0.25) is 4.34 Å². The molecule has 2 unspecified atom stereocenters. The zero-order valence-corrected chi connectivity index (χ0v) is 10.9. The lowest BCUT2D eigenvalue weighted by Gasteiger charge is -2.19. The topological polar surface area (TPSA) is 63.2 Å². The number of likely N-dealkylation sites (tertiary alicyclic amines) is 1. The molecular weight excluding hydrogens is 262 g/mol. The predicted molar refractivity (Wildman–Crippen MR) is 61.2 cm³/mol. The number of hydrogen-bond donors (Lipinski definition) is 0. The summed E-state index contributed by atoms with van der Waals surface area (Å²) >= 11 is 6.92. The van der Waals surface area contributed by atoms with E-state index in [0.29, 0.717) is 10.0 Å². The average molecular weight is 272 g/mol. The Hall–Kier alpha value is -1.01. The van der Waals surface area contributed by atoms with E-state index in [1.54, 1.807) is 0 Å². The minimum Gasteiger partial charge on any atom is -0.276 e. The molecule has 0 spiro atoms. The fraction of sp³-hybridized carbons (Fsp3) is 0.600.